The van der Waals surface area contributed by atoms with Gasteiger partial charge < -0.3 is 10.3 Å². The molecule has 0 spiro atoms. The maximum absolute atomic E-state index is 5.50. The second-order valence-corrected chi connectivity index (χ2v) is 3.51. The molecule has 0 aliphatic heterocycles. The van der Waals surface area contributed by atoms with Gasteiger partial charge in [-0.2, -0.15) is 0 Å². The molecular formula is C11H9N5O. The van der Waals surface area contributed by atoms with Crippen LogP contribution in [0, 0.1) is 0 Å². The predicted octanol–water partition coefficient (Wildman–Crippen LogP) is 1.50. The summed E-state index contributed by atoms with van der Waals surface area (Å²) in [6.07, 6.45) is 3.41. The minimum absolute atomic E-state index is 0.375. The number of anilines is 1. The number of nitrogen functional groups attached to an aromatic ring is 1. The summed E-state index contributed by atoms with van der Waals surface area (Å²) >= 11 is 0. The van der Waals surface area contributed by atoms with E-state index in [1.165, 1.54) is 0 Å². The van der Waals surface area contributed by atoms with Gasteiger partial charge in [-0.25, -0.2) is 4.68 Å². The van der Waals surface area contributed by atoms with Crippen LogP contribution in [-0.2, 0) is 0 Å². The van der Waals surface area contributed by atoms with Crippen LogP contribution in [0.15, 0.2) is 47.2 Å². The summed E-state index contributed by atoms with van der Waals surface area (Å²) in [4.78, 5) is 0. The highest BCUT2D eigenvalue weighted by molar-refractivity contribution is 5.61. The Morgan fingerprint density at radius 2 is 2.00 bits per heavy atom. The number of aromatic nitrogens is 4. The number of nitrogens with two attached hydrogens (primary N) is 1. The Morgan fingerprint density at radius 1 is 1.18 bits per heavy atom. The Hall–Kier alpha value is -2.63. The molecule has 0 bridgehead atoms. The van der Waals surface area contributed by atoms with Gasteiger partial charge in [0.25, 0.3) is 0 Å². The molecule has 0 atom stereocenters. The quantitative estimate of drug-likeness (QED) is 0.717. The van der Waals surface area contributed by atoms with E-state index in [-0.39, 0.29) is 0 Å². The van der Waals surface area contributed by atoms with Crippen LogP contribution in [0.4, 0.5) is 5.82 Å². The van der Waals surface area contributed by atoms with Crippen molar-refractivity contribution in [2.75, 3.05) is 5.73 Å². The maximum atomic E-state index is 5.50. The van der Waals surface area contributed by atoms with Crippen LogP contribution in [0.2, 0.25) is 0 Å². The fourth-order valence-corrected chi connectivity index (χ4v) is 1.55. The Morgan fingerprint density at radius 3 is 2.59 bits per heavy atom. The van der Waals surface area contributed by atoms with Crippen LogP contribution < -0.4 is 5.73 Å². The lowest BCUT2D eigenvalue weighted by molar-refractivity contribution is 0.436. The third-order valence-electron chi connectivity index (χ3n) is 2.37. The van der Waals surface area contributed by atoms with E-state index in [9.17, 15) is 0 Å². The van der Waals surface area contributed by atoms with Crippen LogP contribution >= 0.6 is 0 Å². The van der Waals surface area contributed by atoms with E-state index in [0.29, 0.717) is 11.6 Å². The summed E-state index contributed by atoms with van der Waals surface area (Å²) < 4.78 is 6.75. The number of hydrogen-bond acceptors (Lipinski definition) is 5. The fourth-order valence-electron chi connectivity index (χ4n) is 1.55. The minimum Gasteiger partial charge on any atom is -0.381 e. The fraction of sp³-hybridized carbons (Fsp3) is 0. The normalized spacial score (nSPS) is 10.6. The van der Waals surface area contributed by atoms with E-state index in [1.54, 1.807) is 23.1 Å². The Balaban J connectivity index is 1.95. The van der Waals surface area contributed by atoms with E-state index in [1.807, 2.05) is 24.3 Å². The number of rotatable bonds is 2. The van der Waals surface area contributed by atoms with E-state index in [4.69, 9.17) is 10.3 Å². The first-order valence-corrected chi connectivity index (χ1v) is 5.02. The van der Waals surface area contributed by atoms with Crippen LogP contribution in [0.3, 0.4) is 0 Å². The van der Waals surface area contributed by atoms with Gasteiger partial charge in [0, 0.05) is 11.6 Å². The van der Waals surface area contributed by atoms with E-state index in [0.717, 1.165) is 11.3 Å². The van der Waals surface area contributed by atoms with Crippen LogP contribution in [0.25, 0.3) is 17.0 Å². The van der Waals surface area contributed by atoms with Gasteiger partial charge in [0.15, 0.2) is 11.6 Å². The van der Waals surface area contributed by atoms with Crippen molar-refractivity contribution in [1.29, 1.82) is 0 Å². The zero-order valence-electron chi connectivity index (χ0n) is 8.82. The van der Waals surface area contributed by atoms with Crippen molar-refractivity contribution in [3.8, 4) is 17.0 Å². The van der Waals surface area contributed by atoms with E-state index < -0.39 is 0 Å². The highest BCUT2D eigenvalue weighted by atomic mass is 16.5. The third-order valence-corrected chi connectivity index (χ3v) is 2.37. The SMILES string of the molecule is Nc1cc(-c2ccc(-n3ccnn3)cc2)on1. The monoisotopic (exact) mass is 227 g/mol. The van der Waals surface area contributed by atoms with Gasteiger partial charge in [-0.05, 0) is 24.3 Å². The van der Waals surface area contributed by atoms with E-state index >= 15 is 0 Å². The lowest BCUT2D eigenvalue weighted by atomic mass is 10.1. The minimum atomic E-state index is 0.375. The molecule has 17 heavy (non-hydrogen) atoms. The average Bonchev–Trinajstić information content (AvgIpc) is 3.00. The predicted molar refractivity (Wildman–Crippen MR) is 61.3 cm³/mol. The van der Waals surface area contributed by atoms with Crippen molar-refractivity contribution in [3.63, 3.8) is 0 Å². The van der Waals surface area contributed by atoms with Crippen molar-refractivity contribution in [2.45, 2.75) is 0 Å². The van der Waals surface area contributed by atoms with Gasteiger partial charge in [-0.15, -0.1) is 5.10 Å². The Labute approximate surface area is 96.6 Å². The molecule has 0 unspecified atom stereocenters. The zero-order chi connectivity index (χ0) is 11.7. The van der Waals surface area contributed by atoms with Crippen molar-refractivity contribution in [2.24, 2.45) is 0 Å². The van der Waals surface area contributed by atoms with Crippen LogP contribution in [0.5, 0.6) is 0 Å². The van der Waals surface area contributed by atoms with Crippen molar-refractivity contribution >= 4 is 5.82 Å². The molecule has 0 fully saturated rings. The summed E-state index contributed by atoms with van der Waals surface area (Å²) in [6.45, 7) is 0. The lowest BCUT2D eigenvalue weighted by Gasteiger charge is -2.00. The average molecular weight is 227 g/mol. The lowest BCUT2D eigenvalue weighted by Crippen LogP contribution is -1.94. The van der Waals surface area contributed by atoms with Gasteiger partial charge in [-0.3, -0.25) is 0 Å². The van der Waals surface area contributed by atoms with Crippen LogP contribution in [-0.4, -0.2) is 20.2 Å². The number of hydrogen-bond donors (Lipinski definition) is 1. The third kappa shape index (κ3) is 1.76. The summed E-state index contributed by atoms with van der Waals surface area (Å²) in [7, 11) is 0. The summed E-state index contributed by atoms with van der Waals surface area (Å²) in [5.74, 6) is 1.02. The summed E-state index contributed by atoms with van der Waals surface area (Å²) in [6, 6.07) is 9.35. The van der Waals surface area contributed by atoms with Gasteiger partial charge in [0.05, 0.1) is 18.1 Å². The van der Waals surface area contributed by atoms with E-state index in [2.05, 4.69) is 15.5 Å². The first kappa shape index (κ1) is 9.59. The highest BCUT2D eigenvalue weighted by Gasteiger charge is 2.05. The van der Waals surface area contributed by atoms with Gasteiger partial charge >= 0.3 is 0 Å². The molecule has 0 saturated carbocycles. The van der Waals surface area contributed by atoms with Gasteiger partial charge in [-0.1, -0.05) is 10.4 Å². The second-order valence-electron chi connectivity index (χ2n) is 3.51. The largest absolute Gasteiger partial charge is 0.381 e. The molecule has 0 aliphatic rings. The summed E-state index contributed by atoms with van der Waals surface area (Å²) in [5.41, 5.74) is 7.34. The number of nitrogens with zero attached hydrogens (tertiary/aromatic N) is 4. The topological polar surface area (TPSA) is 82.8 Å². The van der Waals surface area contributed by atoms with Crippen LogP contribution in [0.1, 0.15) is 0 Å². The Kier molecular flexibility index (Phi) is 2.11. The molecule has 6 heteroatoms. The first-order chi connectivity index (χ1) is 8.33. The molecule has 1 aromatic carbocycles. The van der Waals surface area contributed by atoms with Crippen molar-refractivity contribution < 1.29 is 4.52 Å². The maximum Gasteiger partial charge on any atom is 0.169 e. The Bertz CT molecular complexity index is 612. The molecule has 2 N–H and O–H groups in total. The molecule has 0 aliphatic carbocycles. The molecule has 3 aromatic rings. The molecule has 0 radical (unpaired) electrons. The zero-order valence-corrected chi connectivity index (χ0v) is 8.82. The molecule has 0 amide bonds. The highest BCUT2D eigenvalue weighted by Crippen LogP contribution is 2.22. The first-order valence-electron chi connectivity index (χ1n) is 5.02. The van der Waals surface area contributed by atoms with Crippen molar-refractivity contribution in [1.82, 2.24) is 20.2 Å². The molecule has 2 aromatic heterocycles. The molecule has 6 nitrogen and oxygen atoms in total. The standard InChI is InChI=1S/C11H9N5O/c12-11-7-10(17-14-11)8-1-3-9(4-2-8)16-6-5-13-15-16/h1-7H,(H2,12,14). The van der Waals surface area contributed by atoms with Crippen molar-refractivity contribution in [3.05, 3.63) is 42.7 Å². The second kappa shape index (κ2) is 3.75. The molecule has 84 valence electrons. The molecule has 2 heterocycles. The summed E-state index contributed by atoms with van der Waals surface area (Å²) in [5, 5.41) is 11.3. The van der Waals surface area contributed by atoms with Gasteiger partial charge in [0.2, 0.25) is 0 Å². The molecule has 3 rings (SSSR count). The smallest absolute Gasteiger partial charge is 0.169 e. The number of benzene rings is 1. The molecular weight excluding hydrogens is 218 g/mol. The molecule has 0 saturated heterocycles. The van der Waals surface area contributed by atoms with Gasteiger partial charge in [0.1, 0.15) is 0 Å².